The molecule has 6 heteroatoms. The Morgan fingerprint density at radius 2 is 1.93 bits per heavy atom. The molecule has 29 heavy (non-hydrogen) atoms. The zero-order chi connectivity index (χ0) is 20.1. The number of piperidine rings is 1. The van der Waals surface area contributed by atoms with Gasteiger partial charge in [-0.25, -0.2) is 9.97 Å². The average molecular weight is 405 g/mol. The molecule has 1 atom stereocenters. The molecule has 0 spiro atoms. The average Bonchev–Trinajstić information content (AvgIpc) is 2.75. The molecule has 1 saturated heterocycles. The minimum Gasteiger partial charge on any atom is -0.354 e. The van der Waals surface area contributed by atoms with Gasteiger partial charge in [-0.2, -0.15) is 0 Å². The van der Waals surface area contributed by atoms with Gasteiger partial charge in [-0.1, -0.05) is 42.1 Å². The van der Waals surface area contributed by atoms with Crippen LogP contribution in [0.3, 0.4) is 0 Å². The summed E-state index contributed by atoms with van der Waals surface area (Å²) in [5.41, 5.74) is 1.99. The highest BCUT2D eigenvalue weighted by Gasteiger charge is 2.28. The number of aromatic nitrogens is 2. The van der Waals surface area contributed by atoms with Crippen molar-refractivity contribution in [3.63, 3.8) is 0 Å². The Bertz CT molecular complexity index is 979. The Balaban J connectivity index is 1.48. The molecule has 2 aromatic carbocycles. The van der Waals surface area contributed by atoms with Gasteiger partial charge in [0.1, 0.15) is 5.03 Å². The number of carbonyl (C=O) groups excluding carboxylic acids is 1. The predicted octanol–water partition coefficient (Wildman–Crippen LogP) is 4.79. The lowest BCUT2D eigenvalue weighted by atomic mass is 9.97. The van der Waals surface area contributed by atoms with Gasteiger partial charge in [-0.05, 0) is 49.6 Å². The summed E-state index contributed by atoms with van der Waals surface area (Å²) in [6.07, 6.45) is 5.29. The molecule has 1 N–H and O–H groups in total. The van der Waals surface area contributed by atoms with E-state index in [0.29, 0.717) is 6.54 Å². The molecule has 1 aromatic heterocycles. The lowest BCUT2D eigenvalue weighted by Crippen LogP contribution is -2.41. The van der Waals surface area contributed by atoms with E-state index in [0.717, 1.165) is 46.4 Å². The second-order valence-electron chi connectivity index (χ2n) is 7.24. The molecule has 1 fully saturated rings. The molecule has 5 nitrogen and oxygen atoms in total. The normalized spacial score (nSPS) is 16.4. The smallest absolute Gasteiger partial charge is 0.229 e. The number of rotatable bonds is 5. The third-order valence-electron chi connectivity index (χ3n) is 4.98. The maximum absolute atomic E-state index is 12.9. The van der Waals surface area contributed by atoms with Crippen LogP contribution in [0.25, 0.3) is 0 Å². The number of benzene rings is 2. The van der Waals surface area contributed by atoms with Crippen molar-refractivity contribution in [3.05, 3.63) is 72.6 Å². The Morgan fingerprint density at radius 1 is 1.10 bits per heavy atom. The first-order chi connectivity index (χ1) is 14.2. The summed E-state index contributed by atoms with van der Waals surface area (Å²) in [4.78, 5) is 25.3. The van der Waals surface area contributed by atoms with E-state index in [2.05, 4.69) is 32.3 Å². The van der Waals surface area contributed by atoms with Gasteiger partial charge in [0.25, 0.3) is 0 Å². The summed E-state index contributed by atoms with van der Waals surface area (Å²) in [5, 5.41) is 3.95. The maximum atomic E-state index is 12.9. The fourth-order valence-corrected chi connectivity index (χ4v) is 4.46. The Labute approximate surface area is 175 Å². The van der Waals surface area contributed by atoms with E-state index in [1.165, 1.54) is 0 Å². The second kappa shape index (κ2) is 9.09. The number of hydrogen-bond donors (Lipinski definition) is 1. The number of aryl methyl sites for hydroxylation is 1. The minimum absolute atomic E-state index is 0.0687. The van der Waals surface area contributed by atoms with Gasteiger partial charge in [0.15, 0.2) is 5.82 Å². The van der Waals surface area contributed by atoms with Gasteiger partial charge in [0.05, 0.1) is 5.92 Å². The predicted molar refractivity (Wildman–Crippen MR) is 117 cm³/mol. The molecule has 2 heterocycles. The number of amides is 1. The third-order valence-corrected chi connectivity index (χ3v) is 5.97. The van der Waals surface area contributed by atoms with Gasteiger partial charge >= 0.3 is 0 Å². The largest absolute Gasteiger partial charge is 0.354 e. The Kier molecular flexibility index (Phi) is 6.10. The number of nitrogens with zero attached hydrogens (tertiary/aromatic N) is 3. The van der Waals surface area contributed by atoms with Gasteiger partial charge in [-0.15, -0.1) is 0 Å². The van der Waals surface area contributed by atoms with Crippen LogP contribution >= 0.6 is 11.8 Å². The third kappa shape index (κ3) is 4.95. The van der Waals surface area contributed by atoms with E-state index < -0.39 is 0 Å². The van der Waals surface area contributed by atoms with Gasteiger partial charge in [0.2, 0.25) is 5.91 Å². The number of anilines is 2. The number of nitrogens with one attached hydrogen (secondary N) is 1. The first-order valence-electron chi connectivity index (χ1n) is 9.85. The highest BCUT2D eigenvalue weighted by atomic mass is 32.2. The fraction of sp³-hybridized carbons (Fsp3) is 0.261. The Morgan fingerprint density at radius 3 is 2.76 bits per heavy atom. The van der Waals surface area contributed by atoms with Crippen molar-refractivity contribution in [2.24, 2.45) is 5.92 Å². The summed E-state index contributed by atoms with van der Waals surface area (Å²) in [5.74, 6) is 0.858. The highest BCUT2D eigenvalue weighted by molar-refractivity contribution is 7.99. The van der Waals surface area contributed by atoms with Crippen LogP contribution in [0.15, 0.2) is 76.9 Å². The molecule has 0 aliphatic carbocycles. The molecule has 3 aromatic rings. The standard InChI is InChI=1S/C23H24N4OS/c1-17-7-5-9-19(15-17)26-22(28)18-8-6-14-27(16-18)21-23(25-13-12-24-21)29-20-10-3-2-4-11-20/h2-5,7,9-13,15,18H,6,8,14,16H2,1H3,(H,26,28)/t18-/m1/s1. The molecule has 4 rings (SSSR count). The SMILES string of the molecule is Cc1cccc(NC(=O)[C@@H]2CCCN(c3nccnc3Sc3ccccc3)C2)c1. The van der Waals surface area contributed by atoms with E-state index in [4.69, 9.17) is 0 Å². The van der Waals surface area contributed by atoms with Crippen molar-refractivity contribution < 1.29 is 4.79 Å². The van der Waals surface area contributed by atoms with Gasteiger partial charge < -0.3 is 10.2 Å². The van der Waals surface area contributed by atoms with E-state index in [-0.39, 0.29) is 11.8 Å². The van der Waals surface area contributed by atoms with Crippen LogP contribution < -0.4 is 10.2 Å². The monoisotopic (exact) mass is 404 g/mol. The fourth-order valence-electron chi connectivity index (χ4n) is 3.56. The molecule has 1 aliphatic heterocycles. The first kappa shape index (κ1) is 19.5. The zero-order valence-corrected chi connectivity index (χ0v) is 17.2. The summed E-state index contributed by atoms with van der Waals surface area (Å²) in [7, 11) is 0. The molecule has 0 unspecified atom stereocenters. The number of hydrogen-bond acceptors (Lipinski definition) is 5. The summed E-state index contributed by atoms with van der Waals surface area (Å²) in [6, 6.07) is 18.1. The quantitative estimate of drug-likeness (QED) is 0.662. The summed E-state index contributed by atoms with van der Waals surface area (Å²) in [6.45, 7) is 3.56. The van der Waals surface area contributed by atoms with Crippen molar-refractivity contribution in [1.29, 1.82) is 0 Å². The van der Waals surface area contributed by atoms with E-state index in [1.807, 2.05) is 49.4 Å². The van der Waals surface area contributed by atoms with Crippen LogP contribution in [-0.2, 0) is 4.79 Å². The van der Waals surface area contributed by atoms with E-state index >= 15 is 0 Å². The second-order valence-corrected chi connectivity index (χ2v) is 8.31. The molecule has 148 valence electrons. The highest BCUT2D eigenvalue weighted by Crippen LogP contribution is 2.34. The number of carbonyl (C=O) groups is 1. The van der Waals surface area contributed by atoms with Crippen LogP contribution in [0.1, 0.15) is 18.4 Å². The van der Waals surface area contributed by atoms with Gasteiger partial charge in [0, 0.05) is 36.1 Å². The molecule has 1 amide bonds. The van der Waals surface area contributed by atoms with Crippen molar-refractivity contribution in [2.45, 2.75) is 29.7 Å². The minimum atomic E-state index is -0.0687. The molecule has 0 radical (unpaired) electrons. The van der Waals surface area contributed by atoms with Crippen LogP contribution in [-0.4, -0.2) is 29.0 Å². The Hall–Kier alpha value is -2.86. The van der Waals surface area contributed by atoms with E-state index in [1.54, 1.807) is 24.2 Å². The molecular weight excluding hydrogens is 380 g/mol. The van der Waals surface area contributed by atoms with Crippen LogP contribution in [0.4, 0.5) is 11.5 Å². The molecule has 0 bridgehead atoms. The maximum Gasteiger partial charge on any atom is 0.229 e. The molecule has 0 saturated carbocycles. The summed E-state index contributed by atoms with van der Waals surface area (Å²) < 4.78 is 0. The summed E-state index contributed by atoms with van der Waals surface area (Å²) >= 11 is 1.61. The van der Waals surface area contributed by atoms with Crippen LogP contribution in [0.5, 0.6) is 0 Å². The molecular formula is C23H24N4OS. The first-order valence-corrected chi connectivity index (χ1v) is 10.7. The van der Waals surface area contributed by atoms with Crippen LogP contribution in [0, 0.1) is 12.8 Å². The van der Waals surface area contributed by atoms with Crippen molar-refractivity contribution >= 4 is 29.2 Å². The van der Waals surface area contributed by atoms with Crippen molar-refractivity contribution in [2.75, 3.05) is 23.3 Å². The van der Waals surface area contributed by atoms with Crippen molar-refractivity contribution in [3.8, 4) is 0 Å². The topological polar surface area (TPSA) is 58.1 Å². The lowest BCUT2D eigenvalue weighted by molar-refractivity contribution is -0.120. The van der Waals surface area contributed by atoms with Gasteiger partial charge in [-0.3, -0.25) is 4.79 Å². The van der Waals surface area contributed by atoms with Crippen LogP contribution in [0.2, 0.25) is 0 Å². The zero-order valence-electron chi connectivity index (χ0n) is 16.4. The van der Waals surface area contributed by atoms with Crippen molar-refractivity contribution in [1.82, 2.24) is 9.97 Å². The van der Waals surface area contributed by atoms with E-state index in [9.17, 15) is 4.79 Å². The molecule has 1 aliphatic rings. The lowest BCUT2D eigenvalue weighted by Gasteiger charge is -2.33.